The molecule has 8 N–H and O–H groups in total. The summed E-state index contributed by atoms with van der Waals surface area (Å²) in [5.74, 6) is -5.62. The summed E-state index contributed by atoms with van der Waals surface area (Å²) in [6, 6.07) is 4.67. The average molecular weight is 792 g/mol. The third-order valence-electron chi connectivity index (χ3n) is 7.45. The summed E-state index contributed by atoms with van der Waals surface area (Å²) in [5, 5.41) is 49.3. The maximum absolute atomic E-state index is 13.4. The standard InChI is InChI=1S/C28H25N9O11S4/c1-11-30-19-5-13(4-16(23(40)34-45)37(19)33-11)49-7-12-8-50-26-21(25(42)36(26)22(12)27(43)44)32-24(41)20(15-9-51-28(29)31-15)35-48-10-52(46,47)14-2-3-17(38)18(39)6-14/h2-6,9,21,26,38-39,45H,7-8,10H2,1H3,(H2,29,31)(H,32,41)(H,34,40)(H,43,44)/b35-20-/t21-,26-/m1/s1. The molecule has 20 nitrogen and oxygen atoms in total. The quantitative estimate of drug-likeness (QED) is 0.0253. The Kier molecular flexibility index (Phi) is 10.00. The van der Waals surface area contributed by atoms with Crippen molar-refractivity contribution in [1.82, 2.24) is 35.3 Å². The van der Waals surface area contributed by atoms with Gasteiger partial charge in [0.1, 0.15) is 34.3 Å². The van der Waals surface area contributed by atoms with Crippen LogP contribution in [0.2, 0.25) is 0 Å². The van der Waals surface area contributed by atoms with Gasteiger partial charge in [0, 0.05) is 27.8 Å². The first-order chi connectivity index (χ1) is 24.7. The number of nitrogens with one attached hydrogen (secondary N) is 2. The summed E-state index contributed by atoms with van der Waals surface area (Å²) in [7, 11) is -4.23. The number of benzene rings is 1. The number of amides is 3. The number of β-lactam (4-membered cyclic amide) rings is 1. The zero-order valence-electron chi connectivity index (χ0n) is 26.3. The van der Waals surface area contributed by atoms with Gasteiger partial charge in [0.2, 0.25) is 15.8 Å². The molecule has 2 atom stereocenters. The first kappa shape index (κ1) is 36.4. The molecule has 4 aromatic rings. The van der Waals surface area contributed by atoms with Crippen LogP contribution < -0.4 is 16.5 Å². The van der Waals surface area contributed by atoms with E-state index in [0.29, 0.717) is 21.9 Å². The molecule has 0 bridgehead atoms. The minimum atomic E-state index is -4.23. The van der Waals surface area contributed by atoms with Crippen molar-refractivity contribution in [3.63, 3.8) is 0 Å². The summed E-state index contributed by atoms with van der Waals surface area (Å²) in [6.07, 6.45) is 0. The van der Waals surface area contributed by atoms with Crippen LogP contribution in [-0.2, 0) is 29.1 Å². The van der Waals surface area contributed by atoms with Gasteiger partial charge in [-0.15, -0.1) is 34.9 Å². The number of hydrogen-bond acceptors (Lipinski definition) is 18. The van der Waals surface area contributed by atoms with Gasteiger partial charge in [-0.25, -0.2) is 33.2 Å². The molecule has 1 aromatic carbocycles. The largest absolute Gasteiger partial charge is 0.504 e. The Hall–Kier alpha value is -5.43. The Morgan fingerprint density at radius 3 is 2.62 bits per heavy atom. The number of anilines is 1. The van der Waals surface area contributed by atoms with Gasteiger partial charge in [0.05, 0.1) is 4.90 Å². The molecule has 5 heterocycles. The van der Waals surface area contributed by atoms with Crippen molar-refractivity contribution in [2.24, 2.45) is 5.16 Å². The number of oxime groups is 1. The number of carboxylic acids is 1. The molecule has 24 heteroatoms. The van der Waals surface area contributed by atoms with Crippen molar-refractivity contribution in [3.8, 4) is 11.5 Å². The number of aryl methyl sites for hydroxylation is 1. The van der Waals surface area contributed by atoms with Gasteiger partial charge in [0.15, 0.2) is 28.0 Å². The molecule has 3 aromatic heterocycles. The number of thiazole rings is 1. The van der Waals surface area contributed by atoms with E-state index in [9.17, 15) is 48.1 Å². The highest BCUT2D eigenvalue weighted by Gasteiger charge is 2.54. The third-order valence-corrected chi connectivity index (χ3v) is 11.9. The van der Waals surface area contributed by atoms with E-state index in [0.717, 1.165) is 34.4 Å². The molecular formula is C28H25N9O11S4. The second kappa shape index (κ2) is 14.3. The highest BCUT2D eigenvalue weighted by Crippen LogP contribution is 2.42. The number of aliphatic carboxylic acids is 1. The first-order valence-corrected chi connectivity index (χ1v) is 19.1. The minimum absolute atomic E-state index is 0.0157. The molecule has 1 saturated heterocycles. The summed E-state index contributed by atoms with van der Waals surface area (Å²) in [4.78, 5) is 65.9. The zero-order valence-corrected chi connectivity index (χ0v) is 29.5. The van der Waals surface area contributed by atoms with Crippen molar-refractivity contribution < 1.29 is 53.0 Å². The first-order valence-electron chi connectivity index (χ1n) is 14.5. The monoisotopic (exact) mass is 791 g/mol. The smallest absolute Gasteiger partial charge is 0.352 e. The molecule has 0 aliphatic carbocycles. The van der Waals surface area contributed by atoms with E-state index in [1.807, 2.05) is 0 Å². The number of phenols is 2. The van der Waals surface area contributed by atoms with E-state index in [1.165, 1.54) is 39.5 Å². The average Bonchev–Trinajstić information content (AvgIpc) is 3.71. The summed E-state index contributed by atoms with van der Waals surface area (Å²) in [5.41, 5.74) is 7.07. The Morgan fingerprint density at radius 2 is 1.94 bits per heavy atom. The van der Waals surface area contributed by atoms with Gasteiger partial charge in [-0.3, -0.25) is 24.5 Å². The summed E-state index contributed by atoms with van der Waals surface area (Å²) >= 11 is 3.31. The van der Waals surface area contributed by atoms with E-state index in [2.05, 4.69) is 25.5 Å². The molecule has 52 heavy (non-hydrogen) atoms. The van der Waals surface area contributed by atoms with Crippen LogP contribution in [0.4, 0.5) is 5.13 Å². The van der Waals surface area contributed by atoms with E-state index >= 15 is 0 Å². The highest BCUT2D eigenvalue weighted by molar-refractivity contribution is 8.01. The predicted octanol–water partition coefficient (Wildman–Crippen LogP) is 0.290. The normalized spacial score (nSPS) is 17.5. The fourth-order valence-corrected chi connectivity index (χ4v) is 8.95. The van der Waals surface area contributed by atoms with E-state index in [1.54, 1.807) is 18.5 Å². The van der Waals surface area contributed by atoms with Crippen LogP contribution >= 0.6 is 34.9 Å². The lowest BCUT2D eigenvalue weighted by Crippen LogP contribution is -2.71. The number of thioether (sulfide) groups is 2. The lowest BCUT2D eigenvalue weighted by Gasteiger charge is -2.49. The number of pyridine rings is 1. The number of sulfone groups is 1. The van der Waals surface area contributed by atoms with Crippen molar-refractivity contribution in [2.45, 2.75) is 28.1 Å². The van der Waals surface area contributed by atoms with Crippen molar-refractivity contribution in [3.05, 3.63) is 64.2 Å². The fourth-order valence-electron chi connectivity index (χ4n) is 5.07. The second-order valence-corrected chi connectivity index (χ2v) is 15.9. The lowest BCUT2D eigenvalue weighted by molar-refractivity contribution is -0.150. The number of fused-ring (bicyclic) bond motifs is 2. The number of rotatable bonds is 12. The molecule has 0 saturated carbocycles. The maximum Gasteiger partial charge on any atom is 0.352 e. The third kappa shape index (κ3) is 7.05. The number of carbonyl (C=O) groups excluding carboxylic acids is 3. The van der Waals surface area contributed by atoms with Gasteiger partial charge in [-0.2, -0.15) is 5.10 Å². The Balaban J connectivity index is 1.18. The molecule has 0 spiro atoms. The highest BCUT2D eigenvalue weighted by atomic mass is 32.2. The second-order valence-electron chi connectivity index (χ2n) is 10.9. The van der Waals surface area contributed by atoms with Gasteiger partial charge in [-0.1, -0.05) is 5.16 Å². The zero-order chi connectivity index (χ0) is 37.5. The Morgan fingerprint density at radius 1 is 1.17 bits per heavy atom. The van der Waals surface area contributed by atoms with E-state index in [-0.39, 0.29) is 33.7 Å². The molecular weight excluding hydrogens is 767 g/mol. The number of aromatic hydroxyl groups is 2. The molecule has 0 radical (unpaired) electrons. The van der Waals surface area contributed by atoms with Gasteiger partial charge >= 0.3 is 5.97 Å². The molecule has 0 unspecified atom stereocenters. The maximum atomic E-state index is 13.4. The molecule has 272 valence electrons. The molecule has 2 aliphatic heterocycles. The number of hydroxylamine groups is 1. The number of nitrogens with zero attached hydrogens (tertiary/aromatic N) is 6. The van der Waals surface area contributed by atoms with Crippen molar-refractivity contribution in [1.29, 1.82) is 0 Å². The van der Waals surface area contributed by atoms with E-state index in [4.69, 9.17) is 10.6 Å². The van der Waals surface area contributed by atoms with E-state index < -0.39 is 73.0 Å². The van der Waals surface area contributed by atoms with Crippen molar-refractivity contribution in [2.75, 3.05) is 23.2 Å². The molecule has 2 aliphatic rings. The SMILES string of the molecule is Cc1nc2cc(SCC3=C(C(=O)O)N4C(=O)[C@@H](NC(=O)/C(=N\OCS(=O)(=O)c5ccc(O)c(O)c5)c5csc(N)n5)[C@H]4SC3)cc(C(=O)NO)n2n1. The number of nitrogens with two attached hydrogens (primary N) is 1. The van der Waals surface area contributed by atoms with Crippen molar-refractivity contribution >= 4 is 84.9 Å². The van der Waals surface area contributed by atoms with Crippen LogP contribution in [-0.4, -0.2) is 112 Å². The lowest BCUT2D eigenvalue weighted by atomic mass is 10.0. The van der Waals surface area contributed by atoms with Gasteiger partial charge in [0.25, 0.3) is 17.7 Å². The molecule has 6 rings (SSSR count). The topological polar surface area (TPSA) is 301 Å². The number of nitrogen functional groups attached to an aromatic ring is 1. The van der Waals surface area contributed by atoms with Crippen LogP contribution in [0.3, 0.4) is 0 Å². The number of phenolic OH excluding ortho intramolecular Hbond substituents is 2. The Labute approximate surface area is 304 Å². The summed E-state index contributed by atoms with van der Waals surface area (Å²) < 4.78 is 26.7. The van der Waals surface area contributed by atoms with Gasteiger partial charge < -0.3 is 31.2 Å². The molecule has 1 fully saturated rings. The fraction of sp³-hybridized carbons (Fsp3) is 0.214. The minimum Gasteiger partial charge on any atom is -0.504 e. The Bertz CT molecular complexity index is 2320. The molecule has 3 amide bonds. The number of hydrogen-bond donors (Lipinski definition) is 7. The van der Waals surface area contributed by atoms with Gasteiger partial charge in [-0.05, 0) is 36.8 Å². The number of carboxylic acid groups (broad SMARTS) is 1. The van der Waals surface area contributed by atoms with Crippen LogP contribution in [0.25, 0.3) is 5.65 Å². The predicted molar refractivity (Wildman–Crippen MR) is 183 cm³/mol. The van der Waals surface area contributed by atoms with Crippen LogP contribution in [0.5, 0.6) is 11.5 Å². The number of aromatic nitrogens is 4. The van der Waals surface area contributed by atoms with Crippen LogP contribution in [0.15, 0.2) is 61.9 Å². The summed E-state index contributed by atoms with van der Waals surface area (Å²) in [6.45, 7) is 1.62. The van der Waals surface area contributed by atoms with Crippen LogP contribution in [0.1, 0.15) is 22.0 Å². The van der Waals surface area contributed by atoms with Crippen LogP contribution in [0, 0.1) is 6.92 Å². The number of carbonyl (C=O) groups is 4.